The second-order valence-electron chi connectivity index (χ2n) is 6.50. The van der Waals surface area contributed by atoms with E-state index in [2.05, 4.69) is 15.2 Å². The molecule has 1 aromatic carbocycles. The Morgan fingerprint density at radius 3 is 2.59 bits per heavy atom. The lowest BCUT2D eigenvalue weighted by molar-refractivity contribution is 0.0547. The molecule has 3 aromatic rings. The maximum Gasteiger partial charge on any atom is 0.292 e. The van der Waals surface area contributed by atoms with Crippen molar-refractivity contribution in [2.75, 3.05) is 26.2 Å². The zero-order valence-corrected chi connectivity index (χ0v) is 15.8. The standard InChI is InChI=1S/C18H20N6O2S/c1-14-11-16(26-20-14)17(25)22-9-7-21(8-10-22)13-24-18(27)23(12-19-24)15-5-3-2-4-6-15/h2-6,11-12H,7-10,13H2,1H3. The van der Waals surface area contributed by atoms with Crippen molar-refractivity contribution >= 4 is 18.1 Å². The molecular weight excluding hydrogens is 364 g/mol. The summed E-state index contributed by atoms with van der Waals surface area (Å²) in [6.45, 7) is 5.16. The molecule has 0 bridgehead atoms. The molecule has 1 fully saturated rings. The van der Waals surface area contributed by atoms with E-state index in [0.717, 1.165) is 18.8 Å². The molecule has 1 aliphatic rings. The highest BCUT2D eigenvalue weighted by Gasteiger charge is 2.25. The molecule has 27 heavy (non-hydrogen) atoms. The van der Waals surface area contributed by atoms with Gasteiger partial charge in [-0.1, -0.05) is 23.4 Å². The lowest BCUT2D eigenvalue weighted by Crippen LogP contribution is -2.49. The van der Waals surface area contributed by atoms with Gasteiger partial charge in [-0.05, 0) is 31.3 Å². The molecule has 1 saturated heterocycles. The van der Waals surface area contributed by atoms with Crippen LogP contribution in [0, 0.1) is 11.7 Å². The number of hydrogen-bond acceptors (Lipinski definition) is 6. The zero-order chi connectivity index (χ0) is 18.8. The number of carbonyl (C=O) groups is 1. The second kappa shape index (κ2) is 7.45. The van der Waals surface area contributed by atoms with Crippen molar-refractivity contribution in [3.63, 3.8) is 0 Å². The van der Waals surface area contributed by atoms with Crippen LogP contribution in [0.2, 0.25) is 0 Å². The average Bonchev–Trinajstić information content (AvgIpc) is 3.29. The minimum Gasteiger partial charge on any atom is -0.351 e. The number of rotatable bonds is 4. The van der Waals surface area contributed by atoms with E-state index in [1.807, 2.05) is 34.9 Å². The quantitative estimate of drug-likeness (QED) is 0.642. The Labute approximate surface area is 161 Å². The van der Waals surface area contributed by atoms with Gasteiger partial charge in [0.15, 0.2) is 0 Å². The van der Waals surface area contributed by atoms with Gasteiger partial charge in [-0.25, -0.2) is 4.68 Å². The molecule has 0 spiro atoms. The first-order chi connectivity index (χ1) is 13.1. The number of aromatic nitrogens is 4. The van der Waals surface area contributed by atoms with E-state index in [9.17, 15) is 4.79 Å². The Kier molecular flexibility index (Phi) is 4.87. The summed E-state index contributed by atoms with van der Waals surface area (Å²) in [4.78, 5) is 16.4. The van der Waals surface area contributed by atoms with Crippen molar-refractivity contribution < 1.29 is 9.32 Å². The predicted octanol–water partition coefficient (Wildman–Crippen LogP) is 2.12. The van der Waals surface area contributed by atoms with Crippen LogP contribution >= 0.6 is 12.2 Å². The summed E-state index contributed by atoms with van der Waals surface area (Å²) in [6.07, 6.45) is 1.74. The molecule has 1 aliphatic heterocycles. The minimum atomic E-state index is -0.111. The Hall–Kier alpha value is -2.78. The molecule has 1 amide bonds. The van der Waals surface area contributed by atoms with Crippen LogP contribution in [0.5, 0.6) is 0 Å². The molecular formula is C18H20N6O2S. The van der Waals surface area contributed by atoms with E-state index in [4.69, 9.17) is 16.7 Å². The van der Waals surface area contributed by atoms with Crippen molar-refractivity contribution in [2.24, 2.45) is 0 Å². The molecule has 4 rings (SSSR count). The Balaban J connectivity index is 1.38. The maximum atomic E-state index is 12.4. The first-order valence-electron chi connectivity index (χ1n) is 8.76. The number of hydrogen-bond donors (Lipinski definition) is 0. The Bertz CT molecular complexity index is 985. The van der Waals surface area contributed by atoms with Gasteiger partial charge in [0.1, 0.15) is 6.33 Å². The van der Waals surface area contributed by atoms with Crippen LogP contribution in [0.3, 0.4) is 0 Å². The van der Waals surface area contributed by atoms with Gasteiger partial charge < -0.3 is 9.42 Å². The highest BCUT2D eigenvalue weighted by atomic mass is 32.1. The van der Waals surface area contributed by atoms with E-state index in [-0.39, 0.29) is 5.91 Å². The van der Waals surface area contributed by atoms with Gasteiger partial charge in [0, 0.05) is 37.9 Å². The summed E-state index contributed by atoms with van der Waals surface area (Å²) < 4.78 is 9.42. The molecule has 0 atom stereocenters. The topological polar surface area (TPSA) is 72.3 Å². The van der Waals surface area contributed by atoms with Crippen LogP contribution in [-0.4, -0.2) is 61.4 Å². The van der Waals surface area contributed by atoms with Crippen molar-refractivity contribution in [1.82, 2.24) is 29.3 Å². The van der Waals surface area contributed by atoms with Crippen molar-refractivity contribution in [3.05, 3.63) is 59.0 Å². The van der Waals surface area contributed by atoms with Gasteiger partial charge in [0.05, 0.1) is 12.4 Å². The normalized spacial score (nSPS) is 15.2. The third kappa shape index (κ3) is 3.69. The monoisotopic (exact) mass is 384 g/mol. The first kappa shape index (κ1) is 17.6. The van der Waals surface area contributed by atoms with Crippen molar-refractivity contribution in [3.8, 4) is 5.69 Å². The number of nitrogens with zero attached hydrogens (tertiary/aromatic N) is 6. The van der Waals surface area contributed by atoms with Gasteiger partial charge >= 0.3 is 0 Å². The lowest BCUT2D eigenvalue weighted by atomic mass is 10.3. The van der Waals surface area contributed by atoms with Crippen LogP contribution in [-0.2, 0) is 6.67 Å². The third-order valence-corrected chi connectivity index (χ3v) is 5.01. The SMILES string of the molecule is Cc1cc(C(=O)N2CCN(Cn3ncn(-c4ccccc4)c3=S)CC2)on1. The van der Waals surface area contributed by atoms with Crippen LogP contribution in [0.15, 0.2) is 47.2 Å². The molecule has 0 radical (unpaired) electrons. The first-order valence-corrected chi connectivity index (χ1v) is 9.17. The minimum absolute atomic E-state index is 0.111. The Morgan fingerprint density at radius 2 is 1.93 bits per heavy atom. The summed E-state index contributed by atoms with van der Waals surface area (Å²) in [7, 11) is 0. The van der Waals surface area contributed by atoms with Crippen LogP contribution in [0.4, 0.5) is 0 Å². The lowest BCUT2D eigenvalue weighted by Gasteiger charge is -2.33. The highest BCUT2D eigenvalue weighted by molar-refractivity contribution is 7.71. The third-order valence-electron chi connectivity index (χ3n) is 4.60. The molecule has 8 nitrogen and oxygen atoms in total. The summed E-state index contributed by atoms with van der Waals surface area (Å²) >= 11 is 5.56. The van der Waals surface area contributed by atoms with Gasteiger partial charge in [-0.3, -0.25) is 14.3 Å². The van der Waals surface area contributed by atoms with Gasteiger partial charge in [0.25, 0.3) is 5.91 Å². The number of amides is 1. The van der Waals surface area contributed by atoms with Crippen molar-refractivity contribution in [2.45, 2.75) is 13.6 Å². The molecule has 0 saturated carbocycles. The fourth-order valence-corrected chi connectivity index (χ4v) is 3.36. The molecule has 0 unspecified atom stereocenters. The zero-order valence-electron chi connectivity index (χ0n) is 15.0. The number of aryl methyl sites for hydroxylation is 1. The van der Waals surface area contributed by atoms with Crippen LogP contribution < -0.4 is 0 Å². The van der Waals surface area contributed by atoms with E-state index >= 15 is 0 Å². The van der Waals surface area contributed by atoms with Gasteiger partial charge in [-0.15, -0.1) is 0 Å². The largest absolute Gasteiger partial charge is 0.351 e. The van der Waals surface area contributed by atoms with Crippen LogP contribution in [0.25, 0.3) is 5.69 Å². The summed E-state index contributed by atoms with van der Waals surface area (Å²) in [5.41, 5.74) is 1.70. The van der Waals surface area contributed by atoms with E-state index in [0.29, 0.717) is 36.0 Å². The summed E-state index contributed by atoms with van der Waals surface area (Å²) in [6, 6.07) is 11.6. The van der Waals surface area contributed by atoms with E-state index in [1.165, 1.54) is 0 Å². The number of benzene rings is 1. The predicted molar refractivity (Wildman–Crippen MR) is 101 cm³/mol. The second-order valence-corrected chi connectivity index (χ2v) is 6.87. The number of piperazine rings is 1. The number of para-hydroxylation sites is 1. The smallest absolute Gasteiger partial charge is 0.292 e. The van der Waals surface area contributed by atoms with E-state index in [1.54, 1.807) is 28.9 Å². The summed E-state index contributed by atoms with van der Waals surface area (Å²) in [5, 5.41) is 8.20. The summed E-state index contributed by atoms with van der Waals surface area (Å²) in [5.74, 6) is 0.185. The van der Waals surface area contributed by atoms with E-state index < -0.39 is 0 Å². The molecule has 0 N–H and O–H groups in total. The fourth-order valence-electron chi connectivity index (χ4n) is 3.10. The van der Waals surface area contributed by atoms with Gasteiger partial charge in [-0.2, -0.15) is 5.10 Å². The van der Waals surface area contributed by atoms with Crippen LogP contribution in [0.1, 0.15) is 16.2 Å². The highest BCUT2D eigenvalue weighted by Crippen LogP contribution is 2.12. The van der Waals surface area contributed by atoms with Gasteiger partial charge in [0.2, 0.25) is 10.5 Å². The molecule has 140 valence electrons. The number of carbonyl (C=O) groups excluding carboxylic acids is 1. The maximum absolute atomic E-state index is 12.4. The average molecular weight is 384 g/mol. The molecule has 9 heteroatoms. The Morgan fingerprint density at radius 1 is 1.19 bits per heavy atom. The fraction of sp³-hybridized carbons (Fsp3) is 0.333. The van der Waals surface area contributed by atoms with Crippen molar-refractivity contribution in [1.29, 1.82) is 0 Å². The molecule has 2 aromatic heterocycles. The molecule has 0 aliphatic carbocycles. The molecule has 3 heterocycles.